The molecule has 0 spiro atoms. The molecule has 0 bridgehead atoms. The Morgan fingerprint density at radius 2 is 0.913 bits per heavy atom. The lowest BCUT2D eigenvalue weighted by Crippen LogP contribution is -2.34. The van der Waals surface area contributed by atoms with E-state index >= 15 is 0 Å². The van der Waals surface area contributed by atoms with Crippen LogP contribution in [-0.4, -0.2) is 8.42 Å². The summed E-state index contributed by atoms with van der Waals surface area (Å²) in [4.78, 5) is 0. The van der Waals surface area contributed by atoms with E-state index in [1.165, 1.54) is 0 Å². The maximum absolute atomic E-state index is 13.4. The minimum absolute atomic E-state index is 0.786. The molecule has 0 amide bonds. The molecule has 0 N–H and O–H groups in total. The molecule has 2 nitrogen and oxygen atoms in total. The van der Waals surface area contributed by atoms with Crippen LogP contribution in [-0.2, 0) is 11.4 Å². The molecule has 23 heavy (non-hydrogen) atoms. The first-order chi connectivity index (χ1) is 10.5. The van der Waals surface area contributed by atoms with Crippen LogP contribution < -0.4 is 0 Å². The number of rotatable bonds is 4. The van der Waals surface area contributed by atoms with Gasteiger partial charge in [0.1, 0.15) is 0 Å². The Morgan fingerprint density at radius 3 is 1.17 bits per heavy atom. The summed E-state index contributed by atoms with van der Waals surface area (Å²) in [6, 6.07) is 15.4. The Morgan fingerprint density at radius 1 is 0.652 bits per heavy atom. The van der Waals surface area contributed by atoms with E-state index in [1.807, 2.05) is 153 Å². The van der Waals surface area contributed by atoms with Gasteiger partial charge in [0.15, 0.2) is 0 Å². The summed E-state index contributed by atoms with van der Waals surface area (Å²) in [5.74, 6) is 0. The van der Waals surface area contributed by atoms with E-state index in [2.05, 4.69) is 0 Å². The molecular formula is C16H14I4O2S. The molecule has 124 valence electrons. The molecule has 2 aromatic rings. The molecular weight excluding hydrogens is 764 g/mol. The van der Waals surface area contributed by atoms with Gasteiger partial charge in [-0.3, -0.25) is 0 Å². The van der Waals surface area contributed by atoms with E-state index < -0.39 is 11.4 Å². The monoisotopic (exact) mass is 778 g/mol. The number of benzene rings is 2. The van der Waals surface area contributed by atoms with Crippen molar-refractivity contribution in [3.05, 3.63) is 70.8 Å². The van der Waals surface area contributed by atoms with E-state index in [9.17, 15) is 8.42 Å². The van der Waals surface area contributed by atoms with Crippen molar-refractivity contribution in [2.45, 2.75) is 15.4 Å². The summed E-state index contributed by atoms with van der Waals surface area (Å²) in [7, 11) is -3.52. The molecule has 2 rings (SSSR count). The highest BCUT2D eigenvalue weighted by molar-refractivity contribution is 14.2. The first kappa shape index (κ1) is 20.6. The zero-order valence-electron chi connectivity index (χ0n) is 12.4. The summed E-state index contributed by atoms with van der Waals surface area (Å²) in [6.45, 7) is 3.99. The Balaban J connectivity index is 2.54. The van der Waals surface area contributed by atoms with Crippen LogP contribution in [0.25, 0.3) is 0 Å². The molecule has 2 aromatic carbocycles. The molecule has 0 fully saturated rings. The lowest BCUT2D eigenvalue weighted by molar-refractivity contribution is 0.592. The molecule has 0 aliphatic heterocycles. The van der Waals surface area contributed by atoms with Crippen molar-refractivity contribution in [1.82, 2.24) is 0 Å². The molecule has 0 atom stereocenters. The van der Waals surface area contributed by atoms with Gasteiger partial charge in [0.05, 0.1) is 0 Å². The average molecular weight is 778 g/mol. The van der Waals surface area contributed by atoms with Crippen LogP contribution in [0, 0.1) is 13.8 Å². The first-order valence-corrected chi connectivity index (χ1v) is 12.4. The van der Waals surface area contributed by atoms with Gasteiger partial charge in [0.2, 0.25) is 11.4 Å². The highest BCUT2D eigenvalue weighted by Crippen LogP contribution is 2.57. The number of sulfone groups is 1. The standard InChI is InChI=1S/C16H14I4O2S/c1-11-3-7-13(8-4-11)15(17,18)23(21,22)16(19,20)14-9-5-12(2)6-10-14/h3-10H,1-2H3. The normalized spacial score (nSPS) is 13.1. The third-order valence-corrected chi connectivity index (χ3v) is 14.7. The van der Waals surface area contributed by atoms with Gasteiger partial charge < -0.3 is 0 Å². The van der Waals surface area contributed by atoms with Crippen molar-refractivity contribution in [2.24, 2.45) is 0 Å². The van der Waals surface area contributed by atoms with Crippen molar-refractivity contribution in [2.75, 3.05) is 0 Å². The Bertz CT molecular complexity index is 731. The van der Waals surface area contributed by atoms with Gasteiger partial charge >= 0.3 is 0 Å². The highest BCUT2D eigenvalue weighted by atomic mass is 127. The van der Waals surface area contributed by atoms with Crippen molar-refractivity contribution >= 4 is 100 Å². The fourth-order valence-corrected chi connectivity index (χ4v) is 13.6. The summed E-state index contributed by atoms with van der Waals surface area (Å²) in [5, 5.41) is 0. The van der Waals surface area contributed by atoms with Crippen LogP contribution in [0.2, 0.25) is 0 Å². The number of halogens is 4. The smallest absolute Gasteiger partial charge is 0.207 e. The van der Waals surface area contributed by atoms with E-state index in [0.717, 1.165) is 22.3 Å². The maximum Gasteiger partial charge on any atom is 0.207 e. The van der Waals surface area contributed by atoms with Crippen molar-refractivity contribution in [3.8, 4) is 0 Å². The van der Waals surface area contributed by atoms with E-state index in [0.29, 0.717) is 0 Å². The van der Waals surface area contributed by atoms with Crippen molar-refractivity contribution < 1.29 is 8.42 Å². The third kappa shape index (κ3) is 4.02. The largest absolute Gasteiger partial charge is 0.224 e. The van der Waals surface area contributed by atoms with E-state index in [1.54, 1.807) is 0 Å². The van der Waals surface area contributed by atoms with E-state index in [-0.39, 0.29) is 0 Å². The average Bonchev–Trinajstić information content (AvgIpc) is 2.47. The predicted octanol–water partition coefficient (Wildman–Crippen LogP) is 6.38. The quantitative estimate of drug-likeness (QED) is 0.267. The molecule has 7 heteroatoms. The zero-order chi connectivity index (χ0) is 17.5. The van der Waals surface area contributed by atoms with Crippen LogP contribution in [0.5, 0.6) is 0 Å². The molecule has 0 aromatic heterocycles. The fraction of sp³-hybridized carbons (Fsp3) is 0.250. The molecule has 0 aliphatic carbocycles. The Labute approximate surface area is 192 Å². The summed E-state index contributed by atoms with van der Waals surface area (Å²) < 4.78 is 24.8. The second-order valence-corrected chi connectivity index (χ2v) is 21.0. The lowest BCUT2D eigenvalue weighted by Gasteiger charge is -2.31. The maximum atomic E-state index is 13.4. The topological polar surface area (TPSA) is 34.1 Å². The molecule has 0 radical (unpaired) electrons. The predicted molar refractivity (Wildman–Crippen MR) is 131 cm³/mol. The van der Waals surface area contributed by atoms with E-state index in [4.69, 9.17) is 0 Å². The number of aryl methyl sites for hydroxylation is 2. The number of hydrogen-bond donors (Lipinski definition) is 0. The van der Waals surface area contributed by atoms with Gasteiger partial charge in [-0.15, -0.1) is 0 Å². The number of alkyl halides is 4. The van der Waals surface area contributed by atoms with Crippen LogP contribution in [0.3, 0.4) is 0 Å². The SMILES string of the molecule is Cc1ccc(C(I)(I)S(=O)(=O)C(I)(I)c2ccc(C)cc2)cc1. The van der Waals surface area contributed by atoms with Crippen molar-refractivity contribution in [3.63, 3.8) is 0 Å². The fourth-order valence-electron chi connectivity index (χ4n) is 1.97. The van der Waals surface area contributed by atoms with Crippen LogP contribution in [0.1, 0.15) is 22.3 Å². The van der Waals surface area contributed by atoms with Gasteiger partial charge in [0.25, 0.3) is 0 Å². The number of hydrogen-bond acceptors (Lipinski definition) is 2. The highest BCUT2D eigenvalue weighted by Gasteiger charge is 2.53. The van der Waals surface area contributed by atoms with Gasteiger partial charge in [0, 0.05) is 0 Å². The zero-order valence-corrected chi connectivity index (χ0v) is 21.8. The first-order valence-electron chi connectivity index (χ1n) is 6.64. The van der Waals surface area contributed by atoms with Gasteiger partial charge in [-0.05, 0) is 115 Å². The second-order valence-electron chi connectivity index (χ2n) is 5.27. The van der Waals surface area contributed by atoms with Crippen LogP contribution >= 0.6 is 90.4 Å². The van der Waals surface area contributed by atoms with Crippen LogP contribution in [0.15, 0.2) is 48.5 Å². The summed E-state index contributed by atoms with van der Waals surface area (Å²) >= 11 is 8.18. The Hall–Kier alpha value is 1.31. The molecule has 0 unspecified atom stereocenters. The summed E-state index contributed by atoms with van der Waals surface area (Å²) in [6.07, 6.45) is 0. The van der Waals surface area contributed by atoms with Crippen LogP contribution in [0.4, 0.5) is 0 Å². The van der Waals surface area contributed by atoms with Gasteiger partial charge in [-0.25, -0.2) is 8.42 Å². The summed E-state index contributed by atoms with van der Waals surface area (Å²) in [5.41, 5.74) is 3.80. The van der Waals surface area contributed by atoms with Crippen molar-refractivity contribution in [1.29, 1.82) is 0 Å². The minimum atomic E-state index is -3.52. The van der Waals surface area contributed by atoms with Gasteiger partial charge in [-0.1, -0.05) is 59.7 Å². The molecule has 0 aliphatic rings. The molecule has 0 saturated carbocycles. The Kier molecular flexibility index (Phi) is 6.73. The lowest BCUT2D eigenvalue weighted by atomic mass is 10.2. The minimum Gasteiger partial charge on any atom is -0.224 e. The molecule has 0 saturated heterocycles. The third-order valence-electron chi connectivity index (χ3n) is 3.45. The van der Waals surface area contributed by atoms with Gasteiger partial charge in [-0.2, -0.15) is 0 Å². The second kappa shape index (κ2) is 7.51. The molecule has 0 heterocycles.